The lowest BCUT2D eigenvalue weighted by atomic mass is 10.2. The van der Waals surface area contributed by atoms with Gasteiger partial charge in [0.05, 0.1) is 16.7 Å². The van der Waals surface area contributed by atoms with E-state index in [4.69, 9.17) is 27.9 Å². The van der Waals surface area contributed by atoms with Crippen LogP contribution in [-0.4, -0.2) is 52.7 Å². The molecule has 0 aromatic heterocycles. The molecule has 2 rings (SSSR count). The molecule has 1 atom stereocenters. The van der Waals surface area contributed by atoms with Crippen molar-refractivity contribution in [3.63, 3.8) is 0 Å². The Labute approximate surface area is 141 Å². The highest BCUT2D eigenvalue weighted by atomic mass is 35.5. The fourth-order valence-corrected chi connectivity index (χ4v) is 4.86. The minimum atomic E-state index is -3.72. The molecule has 0 bridgehead atoms. The number of likely N-dealkylation sites (tertiary alicyclic amines) is 1. The fraction of sp³-hybridized carbons (Fsp3) is 0.571. The SMILES string of the molecule is COCCN1CCC[C@H]1CNS(=O)(=O)c1c(Cl)cccc1Cl. The van der Waals surface area contributed by atoms with Crippen LogP contribution in [0.15, 0.2) is 23.1 Å². The first-order valence-electron chi connectivity index (χ1n) is 7.12. The molecule has 1 heterocycles. The number of ether oxygens (including phenoxy) is 1. The largest absolute Gasteiger partial charge is 0.383 e. The average molecular weight is 367 g/mol. The van der Waals surface area contributed by atoms with Gasteiger partial charge in [-0.25, -0.2) is 13.1 Å². The molecule has 124 valence electrons. The molecular formula is C14H20Cl2N2O3S. The summed E-state index contributed by atoms with van der Waals surface area (Å²) in [6, 6.07) is 4.82. The van der Waals surface area contributed by atoms with Crippen molar-refractivity contribution >= 4 is 33.2 Å². The summed E-state index contributed by atoms with van der Waals surface area (Å²) in [6.07, 6.45) is 2.02. The van der Waals surface area contributed by atoms with Crippen molar-refractivity contribution < 1.29 is 13.2 Å². The number of hydrogen-bond donors (Lipinski definition) is 1. The summed E-state index contributed by atoms with van der Waals surface area (Å²) in [5.41, 5.74) is 0. The van der Waals surface area contributed by atoms with Gasteiger partial charge in [-0.05, 0) is 31.5 Å². The van der Waals surface area contributed by atoms with Gasteiger partial charge in [0, 0.05) is 26.2 Å². The minimum Gasteiger partial charge on any atom is -0.383 e. The molecule has 22 heavy (non-hydrogen) atoms. The zero-order valence-corrected chi connectivity index (χ0v) is 14.7. The lowest BCUT2D eigenvalue weighted by Crippen LogP contribution is -2.41. The van der Waals surface area contributed by atoms with E-state index in [-0.39, 0.29) is 21.0 Å². The Morgan fingerprint density at radius 2 is 2.05 bits per heavy atom. The van der Waals surface area contributed by atoms with Crippen molar-refractivity contribution in [3.8, 4) is 0 Å². The van der Waals surface area contributed by atoms with E-state index >= 15 is 0 Å². The zero-order chi connectivity index (χ0) is 16.2. The maximum absolute atomic E-state index is 12.4. The molecule has 5 nitrogen and oxygen atoms in total. The van der Waals surface area contributed by atoms with Crippen LogP contribution in [0.4, 0.5) is 0 Å². The third-order valence-corrected chi connectivity index (χ3v) is 6.16. The van der Waals surface area contributed by atoms with Crippen LogP contribution in [0, 0.1) is 0 Å². The van der Waals surface area contributed by atoms with E-state index in [1.807, 2.05) is 0 Å². The number of hydrogen-bond acceptors (Lipinski definition) is 4. The second kappa shape index (κ2) is 7.95. The second-order valence-electron chi connectivity index (χ2n) is 5.23. The van der Waals surface area contributed by atoms with Gasteiger partial charge in [0.2, 0.25) is 10.0 Å². The fourth-order valence-electron chi connectivity index (χ4n) is 2.65. The molecule has 0 unspecified atom stereocenters. The van der Waals surface area contributed by atoms with E-state index in [1.54, 1.807) is 13.2 Å². The van der Waals surface area contributed by atoms with E-state index in [0.717, 1.165) is 25.9 Å². The number of nitrogens with zero attached hydrogens (tertiary/aromatic N) is 1. The molecule has 0 aliphatic carbocycles. The number of nitrogens with one attached hydrogen (secondary N) is 1. The molecule has 1 N–H and O–H groups in total. The summed E-state index contributed by atoms with van der Waals surface area (Å²) < 4.78 is 32.6. The average Bonchev–Trinajstić information content (AvgIpc) is 2.90. The van der Waals surface area contributed by atoms with Gasteiger partial charge in [0.15, 0.2) is 0 Å². The van der Waals surface area contributed by atoms with Crippen molar-refractivity contribution in [1.82, 2.24) is 9.62 Å². The summed E-state index contributed by atoms with van der Waals surface area (Å²) in [6.45, 7) is 2.74. The zero-order valence-electron chi connectivity index (χ0n) is 12.4. The van der Waals surface area contributed by atoms with Gasteiger partial charge in [0.25, 0.3) is 0 Å². The minimum absolute atomic E-state index is 0.0558. The van der Waals surface area contributed by atoms with Gasteiger partial charge in [0.1, 0.15) is 4.90 Å². The van der Waals surface area contributed by atoms with Crippen LogP contribution >= 0.6 is 23.2 Å². The molecule has 1 aliphatic heterocycles. The molecule has 0 amide bonds. The van der Waals surface area contributed by atoms with Gasteiger partial charge >= 0.3 is 0 Å². The number of sulfonamides is 1. The van der Waals surface area contributed by atoms with E-state index < -0.39 is 10.0 Å². The van der Waals surface area contributed by atoms with Gasteiger partial charge in [-0.2, -0.15) is 0 Å². The first kappa shape index (κ1) is 18.0. The van der Waals surface area contributed by atoms with Crippen LogP contribution in [0.5, 0.6) is 0 Å². The Bertz CT molecular complexity index is 590. The highest BCUT2D eigenvalue weighted by molar-refractivity contribution is 7.89. The molecule has 0 spiro atoms. The third-order valence-electron chi connectivity index (χ3n) is 3.78. The maximum atomic E-state index is 12.4. The summed E-state index contributed by atoms with van der Waals surface area (Å²) in [4.78, 5) is 2.18. The highest BCUT2D eigenvalue weighted by Gasteiger charge is 2.27. The van der Waals surface area contributed by atoms with E-state index in [1.165, 1.54) is 12.1 Å². The van der Waals surface area contributed by atoms with Crippen molar-refractivity contribution in [2.45, 2.75) is 23.8 Å². The van der Waals surface area contributed by atoms with Crippen molar-refractivity contribution in [1.29, 1.82) is 0 Å². The predicted molar refractivity (Wildman–Crippen MR) is 88.1 cm³/mol. The number of benzene rings is 1. The molecule has 1 fully saturated rings. The summed E-state index contributed by atoms with van der Waals surface area (Å²) in [5, 5.41) is 0.255. The monoisotopic (exact) mass is 366 g/mol. The molecule has 1 saturated heterocycles. The number of halogens is 2. The van der Waals surface area contributed by atoms with Gasteiger partial charge < -0.3 is 4.74 Å². The quantitative estimate of drug-likeness (QED) is 0.804. The van der Waals surface area contributed by atoms with Crippen molar-refractivity contribution in [2.75, 3.05) is 33.4 Å². The van der Waals surface area contributed by atoms with Gasteiger partial charge in [-0.3, -0.25) is 4.90 Å². The van der Waals surface area contributed by atoms with Crippen LogP contribution in [0.2, 0.25) is 10.0 Å². The summed E-state index contributed by atoms with van der Waals surface area (Å²) >= 11 is 12.0. The van der Waals surface area contributed by atoms with E-state index in [0.29, 0.717) is 13.2 Å². The molecule has 1 aromatic rings. The van der Waals surface area contributed by atoms with Crippen molar-refractivity contribution in [2.24, 2.45) is 0 Å². The van der Waals surface area contributed by atoms with Crippen LogP contribution in [0.1, 0.15) is 12.8 Å². The van der Waals surface area contributed by atoms with Crippen LogP contribution in [-0.2, 0) is 14.8 Å². The molecule has 0 saturated carbocycles. The molecule has 8 heteroatoms. The number of rotatable bonds is 7. The first-order chi connectivity index (χ1) is 10.5. The third kappa shape index (κ3) is 4.34. The Balaban J connectivity index is 2.04. The smallest absolute Gasteiger partial charge is 0.243 e. The van der Waals surface area contributed by atoms with Gasteiger partial charge in [-0.15, -0.1) is 0 Å². The Morgan fingerprint density at radius 3 is 2.68 bits per heavy atom. The van der Waals surface area contributed by atoms with Crippen LogP contribution in [0.3, 0.4) is 0 Å². The Hall–Kier alpha value is -0.370. The maximum Gasteiger partial charge on any atom is 0.243 e. The topological polar surface area (TPSA) is 58.6 Å². The van der Waals surface area contributed by atoms with E-state index in [2.05, 4.69) is 9.62 Å². The summed E-state index contributed by atoms with van der Waals surface area (Å²) in [7, 11) is -2.06. The van der Waals surface area contributed by atoms with Crippen molar-refractivity contribution in [3.05, 3.63) is 28.2 Å². The molecule has 0 radical (unpaired) electrons. The highest BCUT2D eigenvalue weighted by Crippen LogP contribution is 2.29. The predicted octanol–water partition coefficient (Wildman–Crippen LogP) is 2.38. The molecular weight excluding hydrogens is 347 g/mol. The standard InChI is InChI=1S/C14H20Cl2N2O3S/c1-21-9-8-18-7-3-4-11(18)10-17-22(19,20)14-12(15)5-2-6-13(14)16/h2,5-6,11,17H,3-4,7-10H2,1H3/t11-/m0/s1. The van der Waals surface area contributed by atoms with Crippen LogP contribution in [0.25, 0.3) is 0 Å². The summed E-state index contributed by atoms with van der Waals surface area (Å²) in [5.74, 6) is 0. The Kier molecular flexibility index (Phi) is 6.49. The van der Waals surface area contributed by atoms with E-state index in [9.17, 15) is 8.42 Å². The molecule has 1 aromatic carbocycles. The second-order valence-corrected chi connectivity index (χ2v) is 7.75. The lowest BCUT2D eigenvalue weighted by Gasteiger charge is -2.24. The first-order valence-corrected chi connectivity index (χ1v) is 9.36. The number of methoxy groups -OCH3 is 1. The lowest BCUT2D eigenvalue weighted by molar-refractivity contribution is 0.141. The molecule has 1 aliphatic rings. The normalized spacial score (nSPS) is 19.7. The Morgan fingerprint density at radius 1 is 1.36 bits per heavy atom. The van der Waals surface area contributed by atoms with Gasteiger partial charge in [-0.1, -0.05) is 29.3 Å². The van der Waals surface area contributed by atoms with Crippen LogP contribution < -0.4 is 4.72 Å².